The lowest BCUT2D eigenvalue weighted by Gasteiger charge is -2.29. The standard InChI is InChI=1S/C18H21N3O5/c1-11-14-6-4-5-7-15(14)17(24)21(11)10-16(23)20(12(2)18(25)26)9-8-19-13(3)22/h4-7,12H,1,8-10H2,2-3H3,(H,19,22)(H,25,26). The molecule has 2 N–H and O–H groups in total. The van der Waals surface area contributed by atoms with E-state index < -0.39 is 17.9 Å². The van der Waals surface area contributed by atoms with Gasteiger partial charge in [-0.25, -0.2) is 4.79 Å². The maximum Gasteiger partial charge on any atom is 0.326 e. The minimum atomic E-state index is -1.17. The van der Waals surface area contributed by atoms with Gasteiger partial charge in [0.15, 0.2) is 0 Å². The molecule has 1 aliphatic heterocycles. The SMILES string of the molecule is C=C1c2ccccc2C(=O)N1CC(=O)N(CCNC(C)=O)C(C)C(=O)O. The average Bonchev–Trinajstić information content (AvgIpc) is 2.83. The Kier molecular flexibility index (Phi) is 5.76. The molecule has 0 bridgehead atoms. The molecule has 1 unspecified atom stereocenters. The first-order chi connectivity index (χ1) is 12.2. The first kappa shape index (κ1) is 19.2. The van der Waals surface area contributed by atoms with Crippen molar-refractivity contribution in [1.82, 2.24) is 15.1 Å². The number of rotatable bonds is 7. The van der Waals surface area contributed by atoms with Gasteiger partial charge in [-0.05, 0) is 13.0 Å². The smallest absolute Gasteiger partial charge is 0.326 e. The summed E-state index contributed by atoms with van der Waals surface area (Å²) in [6, 6.07) is 5.80. The molecule has 1 aromatic rings. The Morgan fingerprint density at radius 2 is 1.88 bits per heavy atom. The van der Waals surface area contributed by atoms with Crippen LogP contribution in [0.4, 0.5) is 0 Å². The number of amides is 3. The van der Waals surface area contributed by atoms with Crippen molar-refractivity contribution < 1.29 is 24.3 Å². The predicted molar refractivity (Wildman–Crippen MR) is 94.0 cm³/mol. The van der Waals surface area contributed by atoms with Gasteiger partial charge >= 0.3 is 5.97 Å². The van der Waals surface area contributed by atoms with Gasteiger partial charge in [-0.2, -0.15) is 0 Å². The maximum absolute atomic E-state index is 12.7. The summed E-state index contributed by atoms with van der Waals surface area (Å²) < 4.78 is 0. The molecule has 0 saturated heterocycles. The van der Waals surface area contributed by atoms with Crippen LogP contribution in [0.15, 0.2) is 30.8 Å². The summed E-state index contributed by atoms with van der Waals surface area (Å²) in [5.41, 5.74) is 1.52. The molecule has 8 nitrogen and oxygen atoms in total. The van der Waals surface area contributed by atoms with E-state index in [4.69, 9.17) is 0 Å². The number of carboxylic acid groups (broad SMARTS) is 1. The zero-order valence-electron chi connectivity index (χ0n) is 14.7. The molecule has 138 valence electrons. The highest BCUT2D eigenvalue weighted by atomic mass is 16.4. The van der Waals surface area contributed by atoms with E-state index in [9.17, 15) is 24.3 Å². The number of carboxylic acids is 1. The van der Waals surface area contributed by atoms with E-state index >= 15 is 0 Å². The Hall–Kier alpha value is -3.16. The first-order valence-electron chi connectivity index (χ1n) is 8.11. The summed E-state index contributed by atoms with van der Waals surface area (Å²) in [6.45, 7) is 6.40. The topological polar surface area (TPSA) is 107 Å². The van der Waals surface area contributed by atoms with Gasteiger partial charge in [0.25, 0.3) is 5.91 Å². The highest BCUT2D eigenvalue weighted by Gasteiger charge is 2.34. The molecule has 0 spiro atoms. The summed E-state index contributed by atoms with van der Waals surface area (Å²) in [4.78, 5) is 49.8. The van der Waals surface area contributed by atoms with Gasteiger partial charge in [-0.1, -0.05) is 24.8 Å². The van der Waals surface area contributed by atoms with Crippen LogP contribution in [0.25, 0.3) is 5.70 Å². The molecule has 0 aliphatic carbocycles. The molecule has 1 aromatic carbocycles. The second kappa shape index (κ2) is 7.81. The number of carbonyl (C=O) groups excluding carboxylic acids is 3. The highest BCUT2D eigenvalue weighted by Crippen LogP contribution is 2.30. The number of fused-ring (bicyclic) bond motifs is 1. The van der Waals surface area contributed by atoms with Crippen LogP contribution in [0.1, 0.15) is 29.8 Å². The van der Waals surface area contributed by atoms with Crippen LogP contribution in [0.3, 0.4) is 0 Å². The van der Waals surface area contributed by atoms with E-state index in [1.165, 1.54) is 18.7 Å². The fraction of sp³-hybridized carbons (Fsp3) is 0.333. The number of benzene rings is 1. The van der Waals surface area contributed by atoms with Crippen molar-refractivity contribution in [2.75, 3.05) is 19.6 Å². The Bertz CT molecular complexity index is 739. The van der Waals surface area contributed by atoms with E-state index in [0.29, 0.717) is 16.8 Å². The third kappa shape index (κ3) is 3.90. The molecule has 1 atom stereocenters. The summed E-state index contributed by atoms with van der Waals surface area (Å²) in [5, 5.41) is 11.8. The van der Waals surface area contributed by atoms with Crippen LogP contribution < -0.4 is 5.32 Å². The van der Waals surface area contributed by atoms with Gasteiger partial charge in [0.05, 0.1) is 0 Å². The maximum atomic E-state index is 12.7. The van der Waals surface area contributed by atoms with E-state index in [2.05, 4.69) is 11.9 Å². The van der Waals surface area contributed by atoms with Gasteiger partial charge in [0, 0.05) is 36.8 Å². The number of hydrogen-bond donors (Lipinski definition) is 2. The summed E-state index contributed by atoms with van der Waals surface area (Å²) >= 11 is 0. The number of aliphatic carboxylic acids is 1. The van der Waals surface area contributed by atoms with Crippen molar-refractivity contribution in [2.45, 2.75) is 19.9 Å². The summed E-state index contributed by atoms with van der Waals surface area (Å²) in [6.07, 6.45) is 0. The monoisotopic (exact) mass is 359 g/mol. The van der Waals surface area contributed by atoms with Crippen molar-refractivity contribution in [1.29, 1.82) is 0 Å². The fourth-order valence-corrected chi connectivity index (χ4v) is 2.75. The molecule has 1 heterocycles. The zero-order chi connectivity index (χ0) is 19.4. The predicted octanol–water partition coefficient (Wildman–Crippen LogP) is 0.551. The lowest BCUT2D eigenvalue weighted by Crippen LogP contribution is -2.50. The van der Waals surface area contributed by atoms with Crippen LogP contribution in [-0.4, -0.2) is 64.3 Å². The van der Waals surface area contributed by atoms with E-state index in [0.717, 1.165) is 4.90 Å². The molecule has 0 fully saturated rings. The molecule has 1 aliphatic rings. The normalized spacial score (nSPS) is 14.0. The second-order valence-electron chi connectivity index (χ2n) is 5.97. The first-order valence-corrected chi connectivity index (χ1v) is 8.11. The molecular weight excluding hydrogens is 338 g/mol. The van der Waals surface area contributed by atoms with Crippen molar-refractivity contribution in [3.05, 3.63) is 42.0 Å². The number of hydrogen-bond acceptors (Lipinski definition) is 4. The van der Waals surface area contributed by atoms with E-state index in [-0.39, 0.29) is 31.4 Å². The third-order valence-corrected chi connectivity index (χ3v) is 4.20. The van der Waals surface area contributed by atoms with Crippen LogP contribution in [0.2, 0.25) is 0 Å². The number of nitrogens with one attached hydrogen (secondary N) is 1. The van der Waals surface area contributed by atoms with Gasteiger partial charge in [-0.15, -0.1) is 0 Å². The minimum absolute atomic E-state index is 0.0212. The molecular formula is C18H21N3O5. The zero-order valence-corrected chi connectivity index (χ0v) is 14.7. The summed E-state index contributed by atoms with van der Waals surface area (Å²) in [5.74, 6) is -2.33. The van der Waals surface area contributed by atoms with Crippen molar-refractivity contribution in [2.24, 2.45) is 0 Å². The largest absolute Gasteiger partial charge is 0.480 e. The van der Waals surface area contributed by atoms with Gasteiger partial charge < -0.3 is 15.3 Å². The lowest BCUT2D eigenvalue weighted by atomic mass is 10.1. The van der Waals surface area contributed by atoms with E-state index in [1.54, 1.807) is 24.3 Å². The molecule has 3 amide bonds. The number of carbonyl (C=O) groups is 4. The molecule has 26 heavy (non-hydrogen) atoms. The van der Waals surface area contributed by atoms with Crippen LogP contribution >= 0.6 is 0 Å². The van der Waals surface area contributed by atoms with Crippen molar-refractivity contribution in [3.8, 4) is 0 Å². The molecule has 2 rings (SSSR count). The highest BCUT2D eigenvalue weighted by molar-refractivity contribution is 6.10. The van der Waals surface area contributed by atoms with Gasteiger partial charge in [-0.3, -0.25) is 19.3 Å². The average molecular weight is 359 g/mol. The van der Waals surface area contributed by atoms with Crippen LogP contribution in [-0.2, 0) is 14.4 Å². The molecule has 0 saturated carbocycles. The van der Waals surface area contributed by atoms with E-state index in [1.807, 2.05) is 0 Å². The Balaban J connectivity index is 2.14. The third-order valence-electron chi connectivity index (χ3n) is 4.20. The van der Waals surface area contributed by atoms with Crippen LogP contribution in [0, 0.1) is 0 Å². The fourth-order valence-electron chi connectivity index (χ4n) is 2.75. The van der Waals surface area contributed by atoms with Crippen LogP contribution in [0.5, 0.6) is 0 Å². The summed E-state index contributed by atoms with van der Waals surface area (Å²) in [7, 11) is 0. The van der Waals surface area contributed by atoms with Gasteiger partial charge in [0.1, 0.15) is 12.6 Å². The van der Waals surface area contributed by atoms with Crippen molar-refractivity contribution >= 4 is 29.4 Å². The molecule has 8 heteroatoms. The lowest BCUT2D eigenvalue weighted by molar-refractivity contribution is -0.149. The van der Waals surface area contributed by atoms with Crippen molar-refractivity contribution in [3.63, 3.8) is 0 Å². The Labute approximate surface area is 151 Å². The second-order valence-corrected chi connectivity index (χ2v) is 5.97. The minimum Gasteiger partial charge on any atom is -0.480 e. The Morgan fingerprint density at radius 3 is 2.42 bits per heavy atom. The Morgan fingerprint density at radius 1 is 1.27 bits per heavy atom. The molecule has 0 radical (unpaired) electrons. The van der Waals surface area contributed by atoms with Gasteiger partial charge in [0.2, 0.25) is 11.8 Å². The molecule has 0 aromatic heterocycles. The quantitative estimate of drug-likeness (QED) is 0.739. The number of nitrogens with zero attached hydrogens (tertiary/aromatic N) is 2.